The van der Waals surface area contributed by atoms with E-state index in [1.54, 1.807) is 18.2 Å². The number of hydrogen-bond donors (Lipinski definition) is 0. The number of methoxy groups -OCH3 is 1. The predicted molar refractivity (Wildman–Crippen MR) is 84.2 cm³/mol. The molecule has 23 heavy (non-hydrogen) atoms. The SMILES string of the molecule is COC(=O)c1ccc(C(=O)N2CCCc3cccc(F)c32)cc1. The maximum absolute atomic E-state index is 14.2. The molecular weight excluding hydrogens is 297 g/mol. The summed E-state index contributed by atoms with van der Waals surface area (Å²) >= 11 is 0. The Bertz CT molecular complexity index is 755. The second-order valence-electron chi connectivity index (χ2n) is 5.38. The number of esters is 1. The number of carbonyl (C=O) groups is 2. The Balaban J connectivity index is 1.92. The molecular formula is C18H16FNO3. The lowest BCUT2D eigenvalue weighted by Crippen LogP contribution is -2.36. The van der Waals surface area contributed by atoms with Gasteiger partial charge in [-0.2, -0.15) is 0 Å². The smallest absolute Gasteiger partial charge is 0.337 e. The zero-order valence-electron chi connectivity index (χ0n) is 12.7. The van der Waals surface area contributed by atoms with Crippen LogP contribution in [0.15, 0.2) is 42.5 Å². The predicted octanol–water partition coefficient (Wildman–Crippen LogP) is 3.21. The number of hydrogen-bond acceptors (Lipinski definition) is 3. The summed E-state index contributed by atoms with van der Waals surface area (Å²) in [6.45, 7) is 0.478. The molecule has 1 aliphatic rings. The minimum atomic E-state index is -0.460. The molecule has 0 fully saturated rings. The Labute approximate surface area is 133 Å². The molecule has 5 heteroatoms. The van der Waals surface area contributed by atoms with Gasteiger partial charge in [-0.15, -0.1) is 0 Å². The molecule has 0 unspecified atom stereocenters. The monoisotopic (exact) mass is 313 g/mol. The molecule has 0 spiro atoms. The third kappa shape index (κ3) is 2.82. The van der Waals surface area contributed by atoms with Crippen LogP contribution >= 0.6 is 0 Å². The molecule has 4 nitrogen and oxygen atoms in total. The van der Waals surface area contributed by atoms with Gasteiger partial charge < -0.3 is 9.64 Å². The van der Waals surface area contributed by atoms with Crippen molar-refractivity contribution in [1.29, 1.82) is 0 Å². The number of halogens is 1. The van der Waals surface area contributed by atoms with E-state index in [2.05, 4.69) is 4.74 Å². The summed E-state index contributed by atoms with van der Waals surface area (Å²) in [5.41, 5.74) is 1.99. The van der Waals surface area contributed by atoms with Gasteiger partial charge in [-0.1, -0.05) is 12.1 Å². The van der Waals surface area contributed by atoms with Crippen molar-refractivity contribution in [3.8, 4) is 0 Å². The maximum Gasteiger partial charge on any atom is 0.337 e. The highest BCUT2D eigenvalue weighted by molar-refractivity contribution is 6.07. The van der Waals surface area contributed by atoms with Gasteiger partial charge in [0, 0.05) is 12.1 Å². The van der Waals surface area contributed by atoms with E-state index >= 15 is 0 Å². The fraction of sp³-hybridized carbons (Fsp3) is 0.222. The summed E-state index contributed by atoms with van der Waals surface area (Å²) in [6.07, 6.45) is 1.56. The number of benzene rings is 2. The van der Waals surface area contributed by atoms with Crippen molar-refractivity contribution in [2.45, 2.75) is 12.8 Å². The number of nitrogens with zero attached hydrogens (tertiary/aromatic N) is 1. The molecule has 3 rings (SSSR count). The summed E-state index contributed by atoms with van der Waals surface area (Å²) < 4.78 is 18.8. The highest BCUT2D eigenvalue weighted by Crippen LogP contribution is 2.31. The maximum atomic E-state index is 14.2. The van der Waals surface area contributed by atoms with Crippen LogP contribution in [-0.2, 0) is 11.2 Å². The molecule has 0 radical (unpaired) electrons. The Morgan fingerprint density at radius 1 is 1.09 bits per heavy atom. The molecule has 0 saturated heterocycles. The van der Waals surface area contributed by atoms with Crippen molar-refractivity contribution in [3.05, 3.63) is 65.0 Å². The van der Waals surface area contributed by atoms with Gasteiger partial charge in [-0.05, 0) is 48.7 Å². The highest BCUT2D eigenvalue weighted by Gasteiger charge is 2.26. The second kappa shape index (κ2) is 6.20. The first-order valence-corrected chi connectivity index (χ1v) is 7.39. The average molecular weight is 313 g/mol. The van der Waals surface area contributed by atoms with Crippen LogP contribution in [0.4, 0.5) is 10.1 Å². The number of amides is 1. The molecule has 118 valence electrons. The molecule has 1 amide bonds. The van der Waals surface area contributed by atoms with E-state index in [4.69, 9.17) is 0 Å². The topological polar surface area (TPSA) is 46.6 Å². The molecule has 0 aromatic heterocycles. The fourth-order valence-corrected chi connectivity index (χ4v) is 2.83. The number of carbonyl (C=O) groups excluding carboxylic acids is 2. The van der Waals surface area contributed by atoms with Crippen LogP contribution in [0.5, 0.6) is 0 Å². The van der Waals surface area contributed by atoms with E-state index in [9.17, 15) is 14.0 Å². The van der Waals surface area contributed by atoms with Crippen LogP contribution in [-0.4, -0.2) is 25.5 Å². The van der Waals surface area contributed by atoms with Crippen LogP contribution in [0.2, 0.25) is 0 Å². The van der Waals surface area contributed by atoms with Crippen LogP contribution in [0.1, 0.15) is 32.7 Å². The van der Waals surface area contributed by atoms with Gasteiger partial charge in [0.15, 0.2) is 0 Å². The normalized spacial score (nSPS) is 13.4. The largest absolute Gasteiger partial charge is 0.465 e. The van der Waals surface area contributed by atoms with E-state index in [1.807, 2.05) is 6.07 Å². The molecule has 0 bridgehead atoms. The van der Waals surface area contributed by atoms with E-state index in [1.165, 1.54) is 30.2 Å². The van der Waals surface area contributed by atoms with Gasteiger partial charge in [0.05, 0.1) is 18.4 Å². The molecule has 2 aromatic carbocycles. The minimum absolute atomic E-state index is 0.271. The first-order valence-electron chi connectivity index (χ1n) is 7.39. The van der Waals surface area contributed by atoms with Crippen molar-refractivity contribution in [2.75, 3.05) is 18.6 Å². The quantitative estimate of drug-likeness (QED) is 0.800. The van der Waals surface area contributed by atoms with Crippen LogP contribution in [0.25, 0.3) is 0 Å². The fourth-order valence-electron chi connectivity index (χ4n) is 2.83. The van der Waals surface area contributed by atoms with Gasteiger partial charge in [0.2, 0.25) is 0 Å². The van der Waals surface area contributed by atoms with Crippen molar-refractivity contribution in [2.24, 2.45) is 0 Å². The van der Waals surface area contributed by atoms with Gasteiger partial charge >= 0.3 is 5.97 Å². The lowest BCUT2D eigenvalue weighted by atomic mass is 10.00. The first-order chi connectivity index (χ1) is 11.1. The van der Waals surface area contributed by atoms with Gasteiger partial charge in [-0.25, -0.2) is 9.18 Å². The summed E-state index contributed by atoms with van der Waals surface area (Å²) in [6, 6.07) is 11.1. The zero-order valence-corrected chi connectivity index (χ0v) is 12.7. The number of ether oxygens (including phenoxy) is 1. The third-order valence-electron chi connectivity index (χ3n) is 3.97. The lowest BCUT2D eigenvalue weighted by Gasteiger charge is -2.29. The van der Waals surface area contributed by atoms with E-state index < -0.39 is 5.97 Å². The third-order valence-corrected chi connectivity index (χ3v) is 3.97. The summed E-state index contributed by atoms with van der Waals surface area (Å²) in [4.78, 5) is 25.6. The standard InChI is InChI=1S/C18H16FNO3/c1-23-18(22)14-9-7-13(8-10-14)17(21)20-11-3-5-12-4-2-6-15(19)16(12)20/h2,4,6-10H,3,5,11H2,1H3. The molecule has 1 heterocycles. The van der Waals surface area contributed by atoms with Crippen molar-refractivity contribution < 1.29 is 18.7 Å². The number of rotatable bonds is 2. The summed E-state index contributed by atoms with van der Waals surface area (Å²) in [5, 5.41) is 0. The van der Waals surface area contributed by atoms with Crippen LogP contribution in [0.3, 0.4) is 0 Å². The van der Waals surface area contributed by atoms with Gasteiger partial charge in [-0.3, -0.25) is 4.79 Å². The summed E-state index contributed by atoms with van der Waals surface area (Å²) in [7, 11) is 1.30. The number of para-hydroxylation sites is 1. The molecule has 0 N–H and O–H groups in total. The average Bonchev–Trinajstić information content (AvgIpc) is 2.60. The summed E-state index contributed by atoms with van der Waals surface area (Å²) in [5.74, 6) is -1.12. The van der Waals surface area contributed by atoms with Crippen molar-refractivity contribution in [3.63, 3.8) is 0 Å². The number of aryl methyl sites for hydroxylation is 1. The molecule has 1 aliphatic heterocycles. The second-order valence-corrected chi connectivity index (χ2v) is 5.38. The lowest BCUT2D eigenvalue weighted by molar-refractivity contribution is 0.0600. The van der Waals surface area contributed by atoms with Crippen molar-refractivity contribution in [1.82, 2.24) is 0 Å². The van der Waals surface area contributed by atoms with E-state index in [0.29, 0.717) is 23.4 Å². The molecule has 2 aromatic rings. The molecule has 0 atom stereocenters. The Kier molecular flexibility index (Phi) is 4.10. The van der Waals surface area contributed by atoms with E-state index in [0.717, 1.165) is 18.4 Å². The Morgan fingerprint density at radius 2 is 1.78 bits per heavy atom. The first kappa shape index (κ1) is 15.2. The molecule has 0 saturated carbocycles. The Hall–Kier alpha value is -2.69. The number of fused-ring (bicyclic) bond motifs is 1. The van der Waals surface area contributed by atoms with Crippen LogP contribution in [0, 0.1) is 5.82 Å². The molecule has 0 aliphatic carbocycles. The van der Waals surface area contributed by atoms with Crippen molar-refractivity contribution >= 4 is 17.6 Å². The zero-order chi connectivity index (χ0) is 16.4. The Morgan fingerprint density at radius 3 is 2.48 bits per heavy atom. The van der Waals surface area contributed by atoms with Gasteiger partial charge in [0.1, 0.15) is 5.82 Å². The highest BCUT2D eigenvalue weighted by atomic mass is 19.1. The van der Waals surface area contributed by atoms with Crippen LogP contribution < -0.4 is 4.90 Å². The van der Waals surface area contributed by atoms with Gasteiger partial charge in [0.25, 0.3) is 5.91 Å². The number of anilines is 1. The minimum Gasteiger partial charge on any atom is -0.465 e. The van der Waals surface area contributed by atoms with E-state index in [-0.39, 0.29) is 11.7 Å².